The van der Waals surface area contributed by atoms with Gasteiger partial charge in [-0.25, -0.2) is 8.42 Å². The van der Waals surface area contributed by atoms with E-state index >= 15 is 0 Å². The standard InChI is InChI=1S/C19H21N3O4S/c1-19(2,23)13-27(24,25)16-5-3-4-14(10-16)12-26-15-6-7-17(20-11-15)18-8-9-21-22-18/h3-11,23H,12-13H2,1-2H3,(H,21,22). The van der Waals surface area contributed by atoms with E-state index in [1.54, 1.807) is 36.7 Å². The fraction of sp³-hybridized carbons (Fsp3) is 0.263. The second kappa shape index (κ2) is 7.50. The fourth-order valence-corrected chi connectivity index (χ4v) is 4.28. The van der Waals surface area contributed by atoms with Crippen molar-refractivity contribution in [2.45, 2.75) is 31.0 Å². The second-order valence-corrected chi connectivity index (χ2v) is 8.85. The van der Waals surface area contributed by atoms with Crippen LogP contribution in [0.3, 0.4) is 0 Å². The Morgan fingerprint density at radius 3 is 2.63 bits per heavy atom. The number of ether oxygens (including phenoxy) is 1. The Labute approximate surface area is 158 Å². The molecule has 0 amide bonds. The van der Waals surface area contributed by atoms with Gasteiger partial charge >= 0.3 is 0 Å². The summed E-state index contributed by atoms with van der Waals surface area (Å²) in [4.78, 5) is 4.48. The van der Waals surface area contributed by atoms with E-state index in [1.807, 2.05) is 12.1 Å². The maximum absolute atomic E-state index is 12.4. The lowest BCUT2D eigenvalue weighted by Gasteiger charge is -2.17. The Hall–Kier alpha value is -2.71. The first-order valence-corrected chi connectivity index (χ1v) is 10.0. The van der Waals surface area contributed by atoms with Gasteiger partial charge in [0, 0.05) is 6.20 Å². The third-order valence-corrected chi connectivity index (χ3v) is 5.78. The fourth-order valence-electron chi connectivity index (χ4n) is 2.57. The van der Waals surface area contributed by atoms with Crippen LogP contribution >= 0.6 is 0 Å². The SMILES string of the molecule is CC(C)(O)CS(=O)(=O)c1cccc(COc2ccc(-c3ccn[nH]3)nc2)c1. The molecule has 3 rings (SSSR count). The number of aromatic nitrogens is 3. The summed E-state index contributed by atoms with van der Waals surface area (Å²) in [5.74, 6) is 0.228. The Bertz CT molecular complexity index is 992. The molecule has 142 valence electrons. The van der Waals surface area contributed by atoms with E-state index in [1.165, 1.54) is 19.9 Å². The van der Waals surface area contributed by atoms with Crippen molar-refractivity contribution in [2.75, 3.05) is 5.75 Å². The third-order valence-electron chi connectivity index (χ3n) is 3.72. The number of nitrogens with zero attached hydrogens (tertiary/aromatic N) is 2. The summed E-state index contributed by atoms with van der Waals surface area (Å²) < 4.78 is 30.5. The minimum absolute atomic E-state index is 0.165. The highest BCUT2D eigenvalue weighted by Gasteiger charge is 2.25. The van der Waals surface area contributed by atoms with Crippen LogP contribution in [0, 0.1) is 0 Å². The average molecular weight is 387 g/mol. The van der Waals surface area contributed by atoms with Gasteiger partial charge < -0.3 is 9.84 Å². The number of H-pyrrole nitrogens is 1. The first-order valence-electron chi connectivity index (χ1n) is 8.36. The van der Waals surface area contributed by atoms with E-state index in [0.29, 0.717) is 11.3 Å². The normalized spacial score (nSPS) is 12.1. The first-order chi connectivity index (χ1) is 12.7. The molecule has 0 aliphatic carbocycles. The maximum atomic E-state index is 12.4. The van der Waals surface area contributed by atoms with Crippen LogP contribution in [-0.2, 0) is 16.4 Å². The molecule has 0 aliphatic heterocycles. The van der Waals surface area contributed by atoms with Crippen molar-refractivity contribution < 1.29 is 18.3 Å². The van der Waals surface area contributed by atoms with Gasteiger partial charge in [-0.1, -0.05) is 12.1 Å². The van der Waals surface area contributed by atoms with Crippen LogP contribution < -0.4 is 4.74 Å². The van der Waals surface area contributed by atoms with Gasteiger partial charge in [0.1, 0.15) is 12.4 Å². The summed E-state index contributed by atoms with van der Waals surface area (Å²) in [5, 5.41) is 16.5. The van der Waals surface area contributed by atoms with Crippen molar-refractivity contribution in [1.29, 1.82) is 0 Å². The molecule has 0 saturated heterocycles. The summed E-state index contributed by atoms with van der Waals surface area (Å²) in [5.41, 5.74) is 0.975. The number of pyridine rings is 1. The predicted octanol–water partition coefficient (Wildman–Crippen LogP) is 2.60. The number of nitrogens with one attached hydrogen (secondary N) is 1. The summed E-state index contributed by atoms with van der Waals surface area (Å²) in [6, 6.07) is 12.0. The van der Waals surface area contributed by atoms with Crippen LogP contribution in [-0.4, -0.2) is 40.1 Å². The smallest absolute Gasteiger partial charge is 0.181 e. The van der Waals surface area contributed by atoms with Crippen LogP contribution in [0.2, 0.25) is 0 Å². The summed E-state index contributed by atoms with van der Waals surface area (Å²) >= 11 is 0. The molecule has 3 aromatic rings. The summed E-state index contributed by atoms with van der Waals surface area (Å²) in [6.07, 6.45) is 3.26. The molecule has 0 spiro atoms. The molecule has 0 radical (unpaired) electrons. The highest BCUT2D eigenvalue weighted by atomic mass is 32.2. The quantitative estimate of drug-likeness (QED) is 0.646. The maximum Gasteiger partial charge on any atom is 0.181 e. The molecule has 8 heteroatoms. The van der Waals surface area contributed by atoms with Crippen molar-refractivity contribution >= 4 is 9.84 Å². The Morgan fingerprint density at radius 2 is 2.00 bits per heavy atom. The first kappa shape index (κ1) is 19.1. The van der Waals surface area contributed by atoms with E-state index in [9.17, 15) is 13.5 Å². The Balaban J connectivity index is 1.68. The van der Waals surface area contributed by atoms with Crippen LogP contribution in [0.1, 0.15) is 19.4 Å². The van der Waals surface area contributed by atoms with Gasteiger partial charge in [-0.2, -0.15) is 5.10 Å². The van der Waals surface area contributed by atoms with Gasteiger partial charge in [0.15, 0.2) is 9.84 Å². The molecule has 2 aromatic heterocycles. The largest absolute Gasteiger partial charge is 0.487 e. The molecular weight excluding hydrogens is 366 g/mol. The van der Waals surface area contributed by atoms with Crippen LogP contribution in [0.25, 0.3) is 11.4 Å². The summed E-state index contributed by atoms with van der Waals surface area (Å²) in [6.45, 7) is 3.14. The van der Waals surface area contributed by atoms with Gasteiger partial charge in [0.05, 0.1) is 33.8 Å². The van der Waals surface area contributed by atoms with E-state index in [-0.39, 0.29) is 17.3 Å². The highest BCUT2D eigenvalue weighted by Crippen LogP contribution is 2.20. The monoisotopic (exact) mass is 387 g/mol. The predicted molar refractivity (Wildman–Crippen MR) is 101 cm³/mol. The zero-order chi connectivity index (χ0) is 19.5. The van der Waals surface area contributed by atoms with Gasteiger partial charge in [0.2, 0.25) is 0 Å². The zero-order valence-corrected chi connectivity index (χ0v) is 15.9. The van der Waals surface area contributed by atoms with E-state index in [2.05, 4.69) is 15.2 Å². The molecule has 27 heavy (non-hydrogen) atoms. The van der Waals surface area contributed by atoms with E-state index < -0.39 is 15.4 Å². The van der Waals surface area contributed by atoms with Crippen molar-refractivity contribution in [3.63, 3.8) is 0 Å². The van der Waals surface area contributed by atoms with Crippen molar-refractivity contribution in [3.05, 3.63) is 60.4 Å². The molecule has 0 saturated carbocycles. The molecule has 0 atom stereocenters. The minimum atomic E-state index is -3.58. The number of hydrogen-bond acceptors (Lipinski definition) is 6. The lowest BCUT2D eigenvalue weighted by atomic mass is 10.2. The molecule has 0 bridgehead atoms. The molecule has 0 fully saturated rings. The lowest BCUT2D eigenvalue weighted by Crippen LogP contribution is -2.30. The molecular formula is C19H21N3O4S. The van der Waals surface area contributed by atoms with Crippen molar-refractivity contribution in [2.24, 2.45) is 0 Å². The number of aliphatic hydroxyl groups is 1. The van der Waals surface area contributed by atoms with Gasteiger partial charge in [-0.3, -0.25) is 10.1 Å². The number of aromatic amines is 1. The number of rotatable bonds is 7. The lowest BCUT2D eigenvalue weighted by molar-refractivity contribution is 0.105. The van der Waals surface area contributed by atoms with E-state index in [0.717, 1.165) is 11.4 Å². The number of benzene rings is 1. The van der Waals surface area contributed by atoms with Gasteiger partial charge in [-0.05, 0) is 49.7 Å². The molecule has 0 unspecified atom stereocenters. The molecule has 1 aromatic carbocycles. The van der Waals surface area contributed by atoms with Crippen molar-refractivity contribution in [3.8, 4) is 17.1 Å². The van der Waals surface area contributed by atoms with Crippen LogP contribution in [0.15, 0.2) is 59.8 Å². The van der Waals surface area contributed by atoms with Crippen molar-refractivity contribution in [1.82, 2.24) is 15.2 Å². The topological polar surface area (TPSA) is 105 Å². The number of sulfone groups is 1. The van der Waals surface area contributed by atoms with Gasteiger partial charge in [0.25, 0.3) is 0 Å². The molecule has 2 N–H and O–H groups in total. The summed E-state index contributed by atoms with van der Waals surface area (Å²) in [7, 11) is -3.58. The number of hydrogen-bond donors (Lipinski definition) is 2. The second-order valence-electron chi connectivity index (χ2n) is 6.86. The van der Waals surface area contributed by atoms with Crippen LogP contribution in [0.4, 0.5) is 0 Å². The Kier molecular flexibility index (Phi) is 5.29. The Morgan fingerprint density at radius 1 is 1.19 bits per heavy atom. The average Bonchev–Trinajstić information content (AvgIpc) is 3.13. The van der Waals surface area contributed by atoms with Gasteiger partial charge in [-0.15, -0.1) is 0 Å². The third kappa shape index (κ3) is 5.15. The molecule has 0 aliphatic rings. The highest BCUT2D eigenvalue weighted by molar-refractivity contribution is 7.91. The van der Waals surface area contributed by atoms with Crippen LogP contribution in [0.5, 0.6) is 5.75 Å². The minimum Gasteiger partial charge on any atom is -0.487 e. The molecule has 7 nitrogen and oxygen atoms in total. The zero-order valence-electron chi connectivity index (χ0n) is 15.1. The van der Waals surface area contributed by atoms with E-state index in [4.69, 9.17) is 4.74 Å². The molecule has 2 heterocycles.